The normalized spacial score (nSPS) is 18.1. The van der Waals surface area contributed by atoms with Crippen molar-refractivity contribution < 1.29 is 9.84 Å². The van der Waals surface area contributed by atoms with E-state index in [2.05, 4.69) is 10.3 Å². The number of nitrogens with one attached hydrogen (secondary N) is 1. The summed E-state index contributed by atoms with van der Waals surface area (Å²) < 4.78 is 5.27. The number of hydrogen-bond donors (Lipinski definition) is 3. The van der Waals surface area contributed by atoms with Crippen LogP contribution in [-0.2, 0) is 4.74 Å². The molecule has 5 heteroatoms. The number of nitrogens with zero attached hydrogens (tertiary/aromatic N) is 1. The zero-order chi connectivity index (χ0) is 14.0. The van der Waals surface area contributed by atoms with Gasteiger partial charge in [0.2, 0.25) is 0 Å². The van der Waals surface area contributed by atoms with Crippen LogP contribution in [-0.4, -0.2) is 35.5 Å². The fourth-order valence-electron chi connectivity index (χ4n) is 2.43. The van der Waals surface area contributed by atoms with Crippen LogP contribution >= 0.6 is 0 Å². The molecule has 20 heavy (non-hydrogen) atoms. The summed E-state index contributed by atoms with van der Waals surface area (Å²) in [4.78, 5) is 4.52. The van der Waals surface area contributed by atoms with Crippen LogP contribution < -0.4 is 11.1 Å². The van der Waals surface area contributed by atoms with E-state index in [9.17, 15) is 5.11 Å². The van der Waals surface area contributed by atoms with Crippen LogP contribution in [0.25, 0.3) is 10.9 Å². The number of hydrogen-bond acceptors (Lipinski definition) is 5. The van der Waals surface area contributed by atoms with Crippen molar-refractivity contribution in [1.82, 2.24) is 4.98 Å². The van der Waals surface area contributed by atoms with Gasteiger partial charge in [0.1, 0.15) is 5.82 Å². The van der Waals surface area contributed by atoms with Gasteiger partial charge in [0.15, 0.2) is 0 Å². The Morgan fingerprint density at radius 3 is 2.85 bits per heavy atom. The molecule has 2 heterocycles. The molecule has 0 atom stereocenters. The molecule has 1 saturated heterocycles. The highest BCUT2D eigenvalue weighted by atomic mass is 16.5. The van der Waals surface area contributed by atoms with Crippen molar-refractivity contribution in [3.8, 4) is 0 Å². The van der Waals surface area contributed by atoms with Gasteiger partial charge < -0.3 is 20.9 Å². The molecule has 3 rings (SSSR count). The molecule has 0 aliphatic carbocycles. The molecule has 0 saturated carbocycles. The molecule has 5 nitrogen and oxygen atoms in total. The maximum Gasteiger partial charge on any atom is 0.126 e. The van der Waals surface area contributed by atoms with Gasteiger partial charge >= 0.3 is 0 Å². The zero-order valence-corrected chi connectivity index (χ0v) is 11.3. The summed E-state index contributed by atoms with van der Waals surface area (Å²) in [6, 6.07) is 9.53. The Labute approximate surface area is 117 Å². The molecule has 4 N–H and O–H groups in total. The highest BCUT2D eigenvalue weighted by molar-refractivity contribution is 5.83. The number of rotatable bonds is 3. The first-order chi connectivity index (χ1) is 9.65. The standard InChI is InChI=1S/C15H19N3O2/c16-12-2-3-13-11(9-12)1-4-14(18-13)17-10-15(19)5-7-20-8-6-15/h1-4,9,19H,5-8,10,16H2,(H,17,18). The largest absolute Gasteiger partial charge is 0.399 e. The van der Waals surface area contributed by atoms with E-state index in [1.807, 2.05) is 30.3 Å². The Morgan fingerprint density at radius 1 is 1.25 bits per heavy atom. The van der Waals surface area contributed by atoms with E-state index in [0.717, 1.165) is 22.4 Å². The molecule has 0 amide bonds. The summed E-state index contributed by atoms with van der Waals surface area (Å²) in [5, 5.41) is 14.6. The summed E-state index contributed by atoms with van der Waals surface area (Å²) in [5.74, 6) is 0.766. The van der Waals surface area contributed by atoms with Crippen LogP contribution in [0.1, 0.15) is 12.8 Å². The van der Waals surface area contributed by atoms with Crippen molar-refractivity contribution in [3.63, 3.8) is 0 Å². The van der Waals surface area contributed by atoms with Gasteiger partial charge in [-0.1, -0.05) is 0 Å². The van der Waals surface area contributed by atoms with E-state index in [1.165, 1.54) is 0 Å². The Kier molecular flexibility index (Phi) is 3.46. The van der Waals surface area contributed by atoms with Gasteiger partial charge in [-0.2, -0.15) is 0 Å². The van der Waals surface area contributed by atoms with Crippen LogP contribution in [0.5, 0.6) is 0 Å². The molecule has 1 aliphatic rings. The average molecular weight is 273 g/mol. The number of aliphatic hydroxyl groups is 1. The highest BCUT2D eigenvalue weighted by Gasteiger charge is 2.29. The number of fused-ring (bicyclic) bond motifs is 1. The molecule has 0 bridgehead atoms. The molecule has 1 aromatic heterocycles. The predicted molar refractivity (Wildman–Crippen MR) is 79.6 cm³/mol. The third-order valence-corrected chi connectivity index (χ3v) is 3.74. The molecule has 0 spiro atoms. The molecular formula is C15H19N3O2. The molecule has 106 valence electrons. The van der Waals surface area contributed by atoms with Crippen molar-refractivity contribution in [1.29, 1.82) is 0 Å². The SMILES string of the molecule is Nc1ccc2nc(NCC3(O)CCOCC3)ccc2c1. The van der Waals surface area contributed by atoms with Gasteiger partial charge in [-0.05, 0) is 30.3 Å². The Hall–Kier alpha value is -1.85. The lowest BCUT2D eigenvalue weighted by molar-refractivity contribution is -0.0543. The van der Waals surface area contributed by atoms with Gasteiger partial charge in [-0.25, -0.2) is 4.98 Å². The van der Waals surface area contributed by atoms with Crippen LogP contribution in [0.2, 0.25) is 0 Å². The molecule has 2 aromatic rings. The molecular weight excluding hydrogens is 254 g/mol. The van der Waals surface area contributed by atoms with Gasteiger partial charge in [-0.15, -0.1) is 0 Å². The van der Waals surface area contributed by atoms with Crippen molar-refractivity contribution in [3.05, 3.63) is 30.3 Å². The van der Waals surface area contributed by atoms with E-state index in [-0.39, 0.29) is 0 Å². The van der Waals surface area contributed by atoms with E-state index in [4.69, 9.17) is 10.5 Å². The Bertz CT molecular complexity index is 609. The summed E-state index contributed by atoms with van der Waals surface area (Å²) in [5.41, 5.74) is 6.67. The number of benzene rings is 1. The van der Waals surface area contributed by atoms with Gasteiger partial charge in [0.25, 0.3) is 0 Å². The topological polar surface area (TPSA) is 80.4 Å². The van der Waals surface area contributed by atoms with Crippen LogP contribution in [0, 0.1) is 0 Å². The molecule has 1 aliphatic heterocycles. The Balaban J connectivity index is 1.72. The summed E-state index contributed by atoms with van der Waals surface area (Å²) in [7, 11) is 0. The van der Waals surface area contributed by atoms with E-state index < -0.39 is 5.60 Å². The molecule has 0 unspecified atom stereocenters. The minimum Gasteiger partial charge on any atom is -0.399 e. The molecule has 1 fully saturated rings. The first-order valence-electron chi connectivity index (χ1n) is 6.85. The third kappa shape index (κ3) is 2.84. The minimum atomic E-state index is -0.698. The van der Waals surface area contributed by atoms with E-state index in [1.54, 1.807) is 0 Å². The number of anilines is 2. The number of nitrogens with two attached hydrogens (primary N) is 1. The van der Waals surface area contributed by atoms with Crippen molar-refractivity contribution >= 4 is 22.4 Å². The summed E-state index contributed by atoms with van der Waals surface area (Å²) in [6.07, 6.45) is 1.31. The monoisotopic (exact) mass is 273 g/mol. The molecule has 0 radical (unpaired) electrons. The van der Waals surface area contributed by atoms with E-state index >= 15 is 0 Å². The fourth-order valence-corrected chi connectivity index (χ4v) is 2.43. The van der Waals surface area contributed by atoms with Gasteiger partial charge in [0, 0.05) is 43.7 Å². The smallest absolute Gasteiger partial charge is 0.126 e. The second-order valence-electron chi connectivity index (χ2n) is 5.34. The fraction of sp³-hybridized carbons (Fsp3) is 0.400. The lowest BCUT2D eigenvalue weighted by Crippen LogP contribution is -2.42. The summed E-state index contributed by atoms with van der Waals surface area (Å²) >= 11 is 0. The van der Waals surface area contributed by atoms with Crippen molar-refractivity contribution in [2.75, 3.05) is 30.8 Å². The van der Waals surface area contributed by atoms with Gasteiger partial charge in [-0.3, -0.25) is 0 Å². The number of pyridine rings is 1. The second-order valence-corrected chi connectivity index (χ2v) is 5.34. The number of nitrogen functional groups attached to an aromatic ring is 1. The Morgan fingerprint density at radius 2 is 2.05 bits per heavy atom. The van der Waals surface area contributed by atoms with Crippen molar-refractivity contribution in [2.24, 2.45) is 0 Å². The first kappa shape index (κ1) is 13.1. The average Bonchev–Trinajstić information content (AvgIpc) is 2.46. The lowest BCUT2D eigenvalue weighted by atomic mass is 9.94. The lowest BCUT2D eigenvalue weighted by Gasteiger charge is -2.32. The highest BCUT2D eigenvalue weighted by Crippen LogP contribution is 2.22. The van der Waals surface area contributed by atoms with Crippen LogP contribution in [0.15, 0.2) is 30.3 Å². The van der Waals surface area contributed by atoms with Crippen molar-refractivity contribution in [2.45, 2.75) is 18.4 Å². The number of aromatic nitrogens is 1. The minimum absolute atomic E-state index is 0.490. The second kappa shape index (κ2) is 5.26. The first-order valence-corrected chi connectivity index (χ1v) is 6.85. The maximum atomic E-state index is 10.4. The maximum absolute atomic E-state index is 10.4. The molecule has 1 aromatic carbocycles. The quantitative estimate of drug-likeness (QED) is 0.743. The summed E-state index contributed by atoms with van der Waals surface area (Å²) in [6.45, 7) is 1.72. The predicted octanol–water partition coefficient (Wildman–Crippen LogP) is 1.77. The van der Waals surface area contributed by atoms with Crippen LogP contribution in [0.3, 0.4) is 0 Å². The third-order valence-electron chi connectivity index (χ3n) is 3.74. The van der Waals surface area contributed by atoms with Gasteiger partial charge in [0.05, 0.1) is 11.1 Å². The number of ether oxygens (including phenoxy) is 1. The van der Waals surface area contributed by atoms with Crippen LogP contribution in [0.4, 0.5) is 11.5 Å². The zero-order valence-electron chi connectivity index (χ0n) is 11.3. The van der Waals surface area contributed by atoms with E-state index in [0.29, 0.717) is 32.6 Å².